The molecular formula is C14H19F3N2O2. The molecule has 0 fully saturated rings. The largest absolute Gasteiger partial charge is 0.493 e. The third-order valence-corrected chi connectivity index (χ3v) is 2.81. The fourth-order valence-corrected chi connectivity index (χ4v) is 1.78. The summed E-state index contributed by atoms with van der Waals surface area (Å²) in [6.07, 6.45) is -3.90. The van der Waals surface area contributed by atoms with Crippen molar-refractivity contribution in [2.24, 2.45) is 0 Å². The van der Waals surface area contributed by atoms with Gasteiger partial charge >= 0.3 is 6.18 Å². The van der Waals surface area contributed by atoms with Gasteiger partial charge in [0.05, 0.1) is 12.2 Å². The van der Waals surface area contributed by atoms with Crippen molar-refractivity contribution in [2.45, 2.75) is 25.6 Å². The number of alkyl halides is 3. The number of hydrogen-bond donors (Lipinski definition) is 2. The van der Waals surface area contributed by atoms with E-state index in [1.165, 1.54) is 13.1 Å². The predicted molar refractivity (Wildman–Crippen MR) is 73.0 cm³/mol. The zero-order chi connectivity index (χ0) is 15.9. The van der Waals surface area contributed by atoms with Crippen molar-refractivity contribution in [1.29, 1.82) is 0 Å². The van der Waals surface area contributed by atoms with E-state index in [0.717, 1.165) is 6.07 Å². The van der Waals surface area contributed by atoms with Gasteiger partial charge in [-0.1, -0.05) is 6.07 Å². The van der Waals surface area contributed by atoms with Crippen molar-refractivity contribution in [1.82, 2.24) is 10.6 Å². The molecule has 118 valence electrons. The number of carbonyl (C=O) groups is 1. The van der Waals surface area contributed by atoms with Crippen LogP contribution >= 0.6 is 0 Å². The second kappa shape index (κ2) is 7.87. The van der Waals surface area contributed by atoms with Crippen molar-refractivity contribution in [2.75, 3.05) is 20.7 Å². The van der Waals surface area contributed by atoms with Gasteiger partial charge in [-0.2, -0.15) is 13.2 Å². The van der Waals surface area contributed by atoms with Crippen LogP contribution in [-0.4, -0.2) is 26.6 Å². The molecule has 1 aromatic rings. The molecule has 1 aromatic carbocycles. The summed E-state index contributed by atoms with van der Waals surface area (Å²) in [5.74, 6) is -0.377. The second-order valence-corrected chi connectivity index (χ2v) is 4.48. The Hall–Kier alpha value is -1.76. The fourth-order valence-electron chi connectivity index (χ4n) is 1.78. The van der Waals surface area contributed by atoms with Gasteiger partial charge in [-0.3, -0.25) is 4.79 Å². The van der Waals surface area contributed by atoms with E-state index in [-0.39, 0.29) is 24.7 Å². The van der Waals surface area contributed by atoms with E-state index in [1.807, 2.05) is 0 Å². The van der Waals surface area contributed by atoms with Crippen LogP contribution in [0.25, 0.3) is 0 Å². The van der Waals surface area contributed by atoms with Crippen LogP contribution < -0.4 is 15.4 Å². The summed E-state index contributed by atoms with van der Waals surface area (Å²) in [6, 6.07) is 3.97. The van der Waals surface area contributed by atoms with Gasteiger partial charge in [0.2, 0.25) is 5.91 Å². The molecule has 1 amide bonds. The number of nitrogens with one attached hydrogen (secondary N) is 2. The molecule has 4 nitrogen and oxygen atoms in total. The van der Waals surface area contributed by atoms with Gasteiger partial charge in [-0.25, -0.2) is 0 Å². The first-order valence-corrected chi connectivity index (χ1v) is 6.56. The van der Waals surface area contributed by atoms with E-state index in [0.29, 0.717) is 18.5 Å². The first-order valence-electron chi connectivity index (χ1n) is 6.56. The lowest BCUT2D eigenvalue weighted by atomic mass is 10.1. The summed E-state index contributed by atoms with van der Waals surface area (Å²) in [6.45, 7) is 0.405. The first-order chi connectivity index (χ1) is 9.88. The second-order valence-electron chi connectivity index (χ2n) is 4.48. The van der Waals surface area contributed by atoms with Gasteiger partial charge in [-0.15, -0.1) is 0 Å². The van der Waals surface area contributed by atoms with Crippen molar-refractivity contribution >= 4 is 5.91 Å². The van der Waals surface area contributed by atoms with Gasteiger partial charge in [0.15, 0.2) is 0 Å². The topological polar surface area (TPSA) is 50.4 Å². The smallest absolute Gasteiger partial charge is 0.419 e. The van der Waals surface area contributed by atoms with Gasteiger partial charge in [0.25, 0.3) is 0 Å². The number of halogens is 3. The Morgan fingerprint density at radius 2 is 2.00 bits per heavy atom. The lowest BCUT2D eigenvalue weighted by molar-refractivity contribution is -0.139. The van der Waals surface area contributed by atoms with Crippen molar-refractivity contribution < 1.29 is 22.7 Å². The molecule has 0 aromatic heterocycles. The maximum absolute atomic E-state index is 13.0. The van der Waals surface area contributed by atoms with Gasteiger partial charge in [-0.05, 0) is 31.2 Å². The molecule has 0 radical (unpaired) electrons. The van der Waals surface area contributed by atoms with Crippen molar-refractivity contribution in [3.05, 3.63) is 29.3 Å². The fraction of sp³-hybridized carbons (Fsp3) is 0.500. The van der Waals surface area contributed by atoms with Gasteiger partial charge in [0.1, 0.15) is 5.75 Å². The molecule has 0 saturated carbocycles. The Labute approximate surface area is 121 Å². The standard InChI is InChI=1S/C14H19F3N2O2/c1-18-9-10-5-6-12(11(8-10)14(15,16)17)21-7-3-4-13(20)19-2/h5-6,8,18H,3-4,7,9H2,1-2H3,(H,19,20). The Kier molecular flexibility index (Phi) is 6.48. The van der Waals surface area contributed by atoms with Gasteiger partial charge < -0.3 is 15.4 Å². The minimum atomic E-state index is -4.47. The average molecular weight is 304 g/mol. The average Bonchev–Trinajstić information content (AvgIpc) is 2.43. The molecule has 0 atom stereocenters. The van der Waals surface area contributed by atoms with Crippen molar-refractivity contribution in [3.8, 4) is 5.75 Å². The number of hydrogen-bond acceptors (Lipinski definition) is 3. The van der Waals surface area contributed by atoms with Crippen LogP contribution in [0, 0.1) is 0 Å². The van der Waals surface area contributed by atoms with E-state index >= 15 is 0 Å². The Bertz CT molecular complexity index is 476. The summed E-state index contributed by atoms with van der Waals surface area (Å²) < 4.78 is 44.2. The minimum absolute atomic E-state index is 0.0574. The highest BCUT2D eigenvalue weighted by molar-refractivity contribution is 5.75. The van der Waals surface area contributed by atoms with E-state index in [4.69, 9.17) is 4.74 Å². The highest BCUT2D eigenvalue weighted by atomic mass is 19.4. The highest BCUT2D eigenvalue weighted by Gasteiger charge is 2.34. The number of benzene rings is 1. The molecule has 0 spiro atoms. The Balaban J connectivity index is 2.74. The molecule has 21 heavy (non-hydrogen) atoms. The van der Waals surface area contributed by atoms with E-state index in [9.17, 15) is 18.0 Å². The number of ether oxygens (including phenoxy) is 1. The molecule has 0 bridgehead atoms. The zero-order valence-corrected chi connectivity index (χ0v) is 12.0. The third-order valence-electron chi connectivity index (χ3n) is 2.81. The molecule has 0 aliphatic carbocycles. The predicted octanol–water partition coefficient (Wildman–Crippen LogP) is 2.33. The van der Waals surface area contributed by atoms with E-state index in [2.05, 4.69) is 10.6 Å². The zero-order valence-electron chi connectivity index (χ0n) is 12.0. The van der Waals surface area contributed by atoms with E-state index in [1.54, 1.807) is 13.1 Å². The normalized spacial score (nSPS) is 11.3. The summed E-state index contributed by atoms with van der Waals surface area (Å²) in [5.41, 5.74) is -0.266. The molecule has 0 aliphatic heterocycles. The number of carbonyl (C=O) groups excluding carboxylic acids is 1. The molecule has 2 N–H and O–H groups in total. The van der Waals surface area contributed by atoms with Crippen LogP contribution in [-0.2, 0) is 17.5 Å². The Morgan fingerprint density at radius 1 is 1.29 bits per heavy atom. The third kappa shape index (κ3) is 5.63. The minimum Gasteiger partial charge on any atom is -0.493 e. The van der Waals surface area contributed by atoms with Crippen molar-refractivity contribution in [3.63, 3.8) is 0 Å². The Morgan fingerprint density at radius 3 is 2.57 bits per heavy atom. The van der Waals surface area contributed by atoms with Crippen LogP contribution in [0.15, 0.2) is 18.2 Å². The van der Waals surface area contributed by atoms with Crippen LogP contribution in [0.3, 0.4) is 0 Å². The molecule has 0 saturated heterocycles. The van der Waals surface area contributed by atoms with Crippen LogP contribution in [0.2, 0.25) is 0 Å². The van der Waals surface area contributed by atoms with Gasteiger partial charge in [0, 0.05) is 20.0 Å². The molecule has 0 unspecified atom stereocenters. The summed E-state index contributed by atoms with van der Waals surface area (Å²) >= 11 is 0. The van der Waals surface area contributed by atoms with Crippen LogP contribution in [0.5, 0.6) is 5.75 Å². The number of amides is 1. The lowest BCUT2D eigenvalue weighted by Gasteiger charge is -2.15. The monoisotopic (exact) mass is 304 g/mol. The molecule has 7 heteroatoms. The quantitative estimate of drug-likeness (QED) is 0.760. The summed E-state index contributed by atoms with van der Waals surface area (Å²) in [4.78, 5) is 11.0. The first kappa shape index (κ1) is 17.3. The van der Waals surface area contributed by atoms with Crippen LogP contribution in [0.1, 0.15) is 24.0 Å². The molecule has 1 rings (SSSR count). The molecule has 0 aliphatic rings. The maximum Gasteiger partial charge on any atom is 0.419 e. The van der Waals surface area contributed by atoms with Crippen LogP contribution in [0.4, 0.5) is 13.2 Å². The SMILES string of the molecule is CNCc1ccc(OCCCC(=O)NC)c(C(F)(F)F)c1. The highest BCUT2D eigenvalue weighted by Crippen LogP contribution is 2.36. The molecular weight excluding hydrogens is 285 g/mol. The lowest BCUT2D eigenvalue weighted by Crippen LogP contribution is -2.18. The number of rotatable bonds is 7. The summed E-state index contributed by atoms with van der Waals surface area (Å²) in [5, 5.41) is 5.24. The molecule has 0 heterocycles. The van der Waals surface area contributed by atoms with E-state index < -0.39 is 11.7 Å². The maximum atomic E-state index is 13.0. The summed E-state index contributed by atoms with van der Waals surface area (Å²) in [7, 11) is 3.17.